The minimum absolute atomic E-state index is 0.0969. The highest BCUT2D eigenvalue weighted by Gasteiger charge is 2.58. The lowest BCUT2D eigenvalue weighted by Gasteiger charge is -2.34. The van der Waals surface area contributed by atoms with E-state index in [2.05, 4.69) is 11.3 Å². The molecule has 0 saturated heterocycles. The summed E-state index contributed by atoms with van der Waals surface area (Å²) in [6.45, 7) is 4.67. The fourth-order valence-electron chi connectivity index (χ4n) is 3.30. The number of carbonyl (C=O) groups excluding carboxylic acids is 2. The van der Waals surface area contributed by atoms with Crippen LogP contribution in [0.2, 0.25) is 0 Å². The maximum atomic E-state index is 11.7. The second-order valence-corrected chi connectivity index (χ2v) is 6.28. The van der Waals surface area contributed by atoms with E-state index in [0.29, 0.717) is 0 Å². The Morgan fingerprint density at radius 1 is 1.52 bits per heavy atom. The second-order valence-electron chi connectivity index (χ2n) is 5.66. The molecule has 0 aromatic heterocycles. The molecule has 0 aromatic carbocycles. The van der Waals surface area contributed by atoms with Crippen LogP contribution in [0.25, 0.3) is 0 Å². The van der Waals surface area contributed by atoms with Crippen LogP contribution in [0.4, 0.5) is 0 Å². The largest absolute Gasteiger partial charge is 0.456 e. The van der Waals surface area contributed by atoms with Gasteiger partial charge in [0.05, 0.1) is 0 Å². The molecule has 0 aromatic rings. The molecule has 1 N–H and O–H groups in total. The topological polar surface area (TPSA) is 99.1 Å². The molecule has 2 bridgehead atoms. The maximum Gasteiger partial charge on any atom is 0.344 e. The van der Waals surface area contributed by atoms with Gasteiger partial charge in [0.1, 0.15) is 12.2 Å². The van der Waals surface area contributed by atoms with Crippen molar-refractivity contribution in [1.82, 2.24) is 0 Å². The summed E-state index contributed by atoms with van der Waals surface area (Å²) in [5.41, 5.74) is -0.271. The van der Waals surface area contributed by atoms with E-state index in [0.717, 1.165) is 25.3 Å². The third-order valence-corrected chi connectivity index (χ3v) is 4.60. The molecule has 2 saturated carbocycles. The predicted molar refractivity (Wildman–Crippen MR) is 72.1 cm³/mol. The smallest absolute Gasteiger partial charge is 0.344 e. The van der Waals surface area contributed by atoms with Crippen molar-refractivity contribution < 1.29 is 32.0 Å². The third kappa shape index (κ3) is 3.50. The molecule has 0 heterocycles. The summed E-state index contributed by atoms with van der Waals surface area (Å²) in [6, 6.07) is 0. The van der Waals surface area contributed by atoms with E-state index in [-0.39, 0.29) is 11.3 Å². The van der Waals surface area contributed by atoms with E-state index < -0.39 is 42.1 Å². The minimum Gasteiger partial charge on any atom is -0.456 e. The van der Waals surface area contributed by atoms with E-state index in [1.54, 1.807) is 0 Å². The second kappa shape index (κ2) is 6.25. The summed E-state index contributed by atoms with van der Waals surface area (Å²) >= 11 is -2.41. The van der Waals surface area contributed by atoms with Gasteiger partial charge in [-0.1, -0.05) is 13.5 Å². The van der Waals surface area contributed by atoms with Crippen LogP contribution in [0.5, 0.6) is 0 Å². The van der Waals surface area contributed by atoms with Gasteiger partial charge in [0, 0.05) is 11.5 Å². The van der Waals surface area contributed by atoms with Crippen molar-refractivity contribution in [3.05, 3.63) is 12.7 Å². The average Bonchev–Trinajstić information content (AvgIpc) is 2.92. The molecule has 5 unspecified atom stereocenters. The standard InChI is InChI=1S/C13H18O7S/c1-3-9(14)18-7-10(15)19-12-11(20-21(16)17)8-4-5-13(12,2)6-8/h3,8,11-12H,1,4-7H2,2H3,(H,16,17). The van der Waals surface area contributed by atoms with E-state index in [1.807, 2.05) is 6.92 Å². The van der Waals surface area contributed by atoms with Crippen molar-refractivity contribution in [2.24, 2.45) is 11.3 Å². The Hall–Kier alpha value is -1.25. The quantitative estimate of drug-likeness (QED) is 0.442. The highest BCUT2D eigenvalue weighted by molar-refractivity contribution is 7.74. The average molecular weight is 318 g/mol. The lowest BCUT2D eigenvalue weighted by Crippen LogP contribution is -2.44. The number of hydrogen-bond donors (Lipinski definition) is 1. The number of esters is 2. The Morgan fingerprint density at radius 3 is 2.86 bits per heavy atom. The van der Waals surface area contributed by atoms with Gasteiger partial charge in [-0.25, -0.2) is 9.59 Å². The predicted octanol–water partition coefficient (Wildman–Crippen LogP) is 0.969. The highest BCUT2D eigenvalue weighted by Crippen LogP contribution is 2.56. The van der Waals surface area contributed by atoms with Gasteiger partial charge in [0.25, 0.3) is 0 Å². The van der Waals surface area contributed by atoms with E-state index in [1.165, 1.54) is 0 Å². The molecule has 0 spiro atoms. The molecule has 8 heteroatoms. The lowest BCUT2D eigenvalue weighted by molar-refractivity contribution is -0.170. The van der Waals surface area contributed by atoms with Gasteiger partial charge < -0.3 is 9.47 Å². The molecule has 0 amide bonds. The zero-order valence-corrected chi connectivity index (χ0v) is 12.5. The van der Waals surface area contributed by atoms with Crippen molar-refractivity contribution >= 4 is 23.3 Å². The first-order chi connectivity index (χ1) is 9.85. The molecule has 21 heavy (non-hydrogen) atoms. The monoisotopic (exact) mass is 318 g/mol. The molecule has 2 aliphatic carbocycles. The number of carbonyl (C=O) groups is 2. The summed E-state index contributed by atoms with van der Waals surface area (Å²) in [6.07, 6.45) is 2.25. The van der Waals surface area contributed by atoms with Crippen LogP contribution in [0.15, 0.2) is 12.7 Å². The Morgan fingerprint density at radius 2 is 2.24 bits per heavy atom. The van der Waals surface area contributed by atoms with Gasteiger partial charge in [0.15, 0.2) is 6.61 Å². The van der Waals surface area contributed by atoms with E-state index in [9.17, 15) is 13.8 Å². The Labute approximate surface area is 125 Å². The van der Waals surface area contributed by atoms with Crippen LogP contribution in [-0.4, -0.2) is 39.5 Å². The minimum atomic E-state index is -2.41. The summed E-state index contributed by atoms with van der Waals surface area (Å²) < 4.78 is 34.7. The summed E-state index contributed by atoms with van der Waals surface area (Å²) in [5.74, 6) is -1.32. The van der Waals surface area contributed by atoms with Gasteiger partial charge in [0.2, 0.25) is 0 Å². The number of rotatable bonds is 6. The Balaban J connectivity index is 1.98. The first-order valence-electron chi connectivity index (χ1n) is 6.62. The van der Waals surface area contributed by atoms with Gasteiger partial charge in [-0.3, -0.25) is 8.74 Å². The van der Waals surface area contributed by atoms with Crippen molar-refractivity contribution in [2.75, 3.05) is 6.61 Å². The van der Waals surface area contributed by atoms with Crippen LogP contribution >= 0.6 is 0 Å². The van der Waals surface area contributed by atoms with Crippen LogP contribution in [0, 0.1) is 11.3 Å². The SMILES string of the molecule is C=CC(=O)OCC(=O)OC1C(OS(=O)O)C2CCC1(C)C2. The van der Waals surface area contributed by atoms with Crippen molar-refractivity contribution in [1.29, 1.82) is 0 Å². The first-order valence-corrected chi connectivity index (χ1v) is 7.65. The van der Waals surface area contributed by atoms with Crippen LogP contribution in [0.1, 0.15) is 26.2 Å². The molecule has 7 nitrogen and oxygen atoms in total. The summed E-state index contributed by atoms with van der Waals surface area (Å²) in [4.78, 5) is 22.6. The fraction of sp³-hybridized carbons (Fsp3) is 0.692. The van der Waals surface area contributed by atoms with Gasteiger partial charge >= 0.3 is 23.3 Å². The molecular formula is C13H18O7S. The van der Waals surface area contributed by atoms with Crippen LogP contribution in [0.3, 0.4) is 0 Å². The number of ether oxygens (including phenoxy) is 2. The molecule has 2 fully saturated rings. The Bertz CT molecular complexity index is 477. The first kappa shape index (κ1) is 16.1. The normalized spacial score (nSPS) is 35.2. The number of hydrogen-bond acceptors (Lipinski definition) is 6. The molecular weight excluding hydrogens is 300 g/mol. The summed E-state index contributed by atoms with van der Waals surface area (Å²) in [7, 11) is 0. The van der Waals surface area contributed by atoms with Crippen molar-refractivity contribution in [3.8, 4) is 0 Å². The van der Waals surface area contributed by atoms with Crippen molar-refractivity contribution in [3.63, 3.8) is 0 Å². The zero-order valence-electron chi connectivity index (χ0n) is 11.6. The zero-order chi connectivity index (χ0) is 15.6. The molecule has 5 atom stereocenters. The lowest BCUT2D eigenvalue weighted by atomic mass is 9.82. The van der Waals surface area contributed by atoms with E-state index in [4.69, 9.17) is 13.5 Å². The molecule has 0 aliphatic heterocycles. The molecule has 118 valence electrons. The van der Waals surface area contributed by atoms with Crippen LogP contribution in [-0.2, 0) is 34.6 Å². The third-order valence-electron chi connectivity index (χ3n) is 4.22. The van der Waals surface area contributed by atoms with Crippen molar-refractivity contribution in [2.45, 2.75) is 38.4 Å². The maximum absolute atomic E-state index is 11.7. The molecule has 2 rings (SSSR count). The fourth-order valence-corrected chi connectivity index (χ4v) is 3.75. The Kier molecular flexibility index (Phi) is 4.80. The van der Waals surface area contributed by atoms with Gasteiger partial charge in [-0.05, 0) is 25.2 Å². The highest BCUT2D eigenvalue weighted by atomic mass is 32.2. The number of fused-ring (bicyclic) bond motifs is 2. The molecule has 2 aliphatic rings. The van der Waals surface area contributed by atoms with E-state index >= 15 is 0 Å². The summed E-state index contributed by atoms with van der Waals surface area (Å²) in [5, 5.41) is 0. The van der Waals surface area contributed by atoms with Gasteiger partial charge in [-0.15, -0.1) is 0 Å². The van der Waals surface area contributed by atoms with Crippen LogP contribution < -0.4 is 0 Å². The molecule has 0 radical (unpaired) electrons. The van der Waals surface area contributed by atoms with Gasteiger partial charge in [-0.2, -0.15) is 4.21 Å².